The van der Waals surface area contributed by atoms with Gasteiger partial charge >= 0.3 is 0 Å². The molecule has 1 aromatic heterocycles. The topological polar surface area (TPSA) is 70.0 Å². The van der Waals surface area contributed by atoms with E-state index in [1.165, 1.54) is 0 Å². The zero-order chi connectivity index (χ0) is 15.7. The van der Waals surface area contributed by atoms with Crippen LogP contribution in [0.5, 0.6) is 0 Å². The van der Waals surface area contributed by atoms with Gasteiger partial charge in [0, 0.05) is 43.7 Å². The number of quaternary nitrogens is 1. The van der Waals surface area contributed by atoms with Crippen LogP contribution in [0.4, 0.5) is 0 Å². The van der Waals surface area contributed by atoms with E-state index in [4.69, 9.17) is 0 Å². The van der Waals surface area contributed by atoms with Crippen LogP contribution >= 0.6 is 11.8 Å². The molecule has 2 aliphatic rings. The number of nitrogens with zero attached hydrogens (tertiary/aromatic N) is 2. The number of hydrogen-bond acceptors (Lipinski definition) is 3. The van der Waals surface area contributed by atoms with E-state index in [0.717, 1.165) is 43.9 Å². The molecule has 1 amide bonds. The molecule has 0 aliphatic carbocycles. The lowest BCUT2D eigenvalue weighted by atomic mass is 9.83. The molecule has 3 atom stereocenters. The van der Waals surface area contributed by atoms with Crippen LogP contribution in [0.25, 0.3) is 0 Å². The third-order valence-corrected chi connectivity index (χ3v) is 5.46. The Morgan fingerprint density at radius 3 is 2.91 bits per heavy atom. The first-order valence-corrected chi connectivity index (χ1v) is 9.30. The van der Waals surface area contributed by atoms with Crippen molar-refractivity contribution in [1.29, 1.82) is 0 Å². The zero-order valence-corrected chi connectivity index (χ0v) is 15.0. The fraction of sp³-hybridized carbons (Fsp3) is 0.625. The fourth-order valence-corrected chi connectivity index (χ4v) is 4.24. The van der Waals surface area contributed by atoms with Gasteiger partial charge in [0.2, 0.25) is 0 Å². The number of hydrogen-bond donors (Lipinski definition) is 1. The highest BCUT2D eigenvalue weighted by Gasteiger charge is 2.37. The van der Waals surface area contributed by atoms with E-state index < -0.39 is 0 Å². The summed E-state index contributed by atoms with van der Waals surface area (Å²) in [6.07, 6.45) is 3.97. The Bertz CT molecular complexity index is 622. The van der Waals surface area contributed by atoms with Gasteiger partial charge < -0.3 is 27.6 Å². The Morgan fingerprint density at radius 1 is 1.39 bits per heavy atom. The quantitative estimate of drug-likeness (QED) is 0.631. The van der Waals surface area contributed by atoms with Crippen molar-refractivity contribution >= 4 is 17.7 Å². The van der Waals surface area contributed by atoms with Gasteiger partial charge in [0.15, 0.2) is 6.04 Å². The van der Waals surface area contributed by atoms with E-state index in [9.17, 15) is 9.59 Å². The molecule has 2 unspecified atom stereocenters. The summed E-state index contributed by atoms with van der Waals surface area (Å²) in [4.78, 5) is 26.6. The van der Waals surface area contributed by atoms with Gasteiger partial charge in [0.25, 0.3) is 11.5 Å². The number of pyridine rings is 1. The van der Waals surface area contributed by atoms with Gasteiger partial charge in [-0.1, -0.05) is 6.07 Å². The molecule has 3 rings (SSSR count). The first-order valence-electron chi connectivity index (χ1n) is 7.90. The van der Waals surface area contributed by atoms with Crippen LogP contribution in [0.1, 0.15) is 24.5 Å². The number of likely N-dealkylation sites (tertiary alicyclic amines) is 1. The molecule has 1 fully saturated rings. The minimum absolute atomic E-state index is 0. The van der Waals surface area contributed by atoms with Gasteiger partial charge in [-0.2, -0.15) is 11.8 Å². The number of thioether (sulfide) groups is 1. The number of fused-ring (bicyclic) bond motifs is 4. The number of amides is 1. The number of carbonyl (C=O) groups is 1. The van der Waals surface area contributed by atoms with Gasteiger partial charge in [-0.25, -0.2) is 0 Å². The van der Waals surface area contributed by atoms with Gasteiger partial charge in [0.05, 0.1) is 0 Å². The Kier molecular flexibility index (Phi) is 6.17. The van der Waals surface area contributed by atoms with Crippen LogP contribution < -0.4 is 23.7 Å². The molecular formula is C16H24ClN3O2S. The van der Waals surface area contributed by atoms with E-state index in [2.05, 4.69) is 12.0 Å². The van der Waals surface area contributed by atoms with Crippen LogP contribution in [-0.4, -0.2) is 46.5 Å². The summed E-state index contributed by atoms with van der Waals surface area (Å²) < 4.78 is 1.90. The molecule has 2 aliphatic heterocycles. The molecule has 128 valence electrons. The van der Waals surface area contributed by atoms with Crippen LogP contribution in [0, 0.1) is 5.92 Å². The lowest BCUT2D eigenvalue weighted by Crippen LogP contribution is -3.00. The number of carbonyl (C=O) groups excluding carboxylic acids is 1. The predicted octanol–water partition coefficient (Wildman–Crippen LogP) is -2.84. The van der Waals surface area contributed by atoms with Gasteiger partial charge in [-0.3, -0.25) is 9.59 Å². The van der Waals surface area contributed by atoms with E-state index in [1.807, 2.05) is 21.6 Å². The minimum Gasteiger partial charge on any atom is -1.00 e. The third-order valence-electron chi connectivity index (χ3n) is 4.81. The molecule has 3 heterocycles. The van der Waals surface area contributed by atoms with Crippen molar-refractivity contribution in [2.45, 2.75) is 31.3 Å². The van der Waals surface area contributed by atoms with Crippen molar-refractivity contribution in [2.24, 2.45) is 5.92 Å². The van der Waals surface area contributed by atoms with E-state index in [-0.39, 0.29) is 35.8 Å². The molecule has 1 saturated heterocycles. The predicted molar refractivity (Wildman–Crippen MR) is 87.8 cm³/mol. The van der Waals surface area contributed by atoms with E-state index in [1.54, 1.807) is 17.8 Å². The average molecular weight is 358 g/mol. The fourth-order valence-electron chi connectivity index (χ4n) is 3.72. The van der Waals surface area contributed by atoms with Gasteiger partial charge in [0.1, 0.15) is 0 Å². The second-order valence-electron chi connectivity index (χ2n) is 6.42. The number of halogens is 1. The number of piperidine rings is 1. The molecule has 1 aromatic rings. The smallest absolute Gasteiger partial charge is 0.280 e. The number of rotatable bonds is 4. The summed E-state index contributed by atoms with van der Waals surface area (Å²) >= 11 is 1.75. The standard InChI is InChI=1S/C16H23N3O2S.ClH/c1-22-6-5-13(17)16(21)18-8-11-7-12(10-18)14-3-2-4-15(20)19(14)9-11;/h2-4,11-13H,5-10,17H2,1H3;1H/t11?,12?,13-;/m0./s1. The molecule has 0 spiro atoms. The molecule has 3 N–H and O–H groups in total. The molecule has 23 heavy (non-hydrogen) atoms. The molecule has 7 heteroatoms. The second-order valence-corrected chi connectivity index (χ2v) is 7.41. The van der Waals surface area contributed by atoms with Crippen molar-refractivity contribution < 1.29 is 22.9 Å². The molecule has 0 radical (unpaired) electrons. The SMILES string of the molecule is CSCC[C@H]([NH3+])C(=O)N1CC2CC(C1)c1cccc(=O)n1C2.[Cl-]. The minimum atomic E-state index is -0.149. The van der Waals surface area contributed by atoms with Crippen LogP contribution in [-0.2, 0) is 11.3 Å². The highest BCUT2D eigenvalue weighted by Crippen LogP contribution is 2.35. The van der Waals surface area contributed by atoms with Crippen molar-refractivity contribution in [3.05, 3.63) is 34.2 Å². The van der Waals surface area contributed by atoms with Crippen molar-refractivity contribution in [1.82, 2.24) is 9.47 Å². The number of aromatic nitrogens is 1. The Labute approximate surface area is 147 Å². The summed E-state index contributed by atoms with van der Waals surface area (Å²) in [6, 6.07) is 5.34. The summed E-state index contributed by atoms with van der Waals surface area (Å²) in [7, 11) is 0. The molecule has 0 aromatic carbocycles. The highest BCUT2D eigenvalue weighted by atomic mass is 35.5. The monoisotopic (exact) mass is 357 g/mol. The summed E-state index contributed by atoms with van der Waals surface area (Å²) in [5.74, 6) is 1.83. The summed E-state index contributed by atoms with van der Waals surface area (Å²) in [5, 5.41) is 0. The molecule has 0 saturated carbocycles. The van der Waals surface area contributed by atoms with Gasteiger partial charge in [-0.15, -0.1) is 0 Å². The summed E-state index contributed by atoms with van der Waals surface area (Å²) in [6.45, 7) is 2.23. The lowest BCUT2D eigenvalue weighted by molar-refractivity contribution is -0.406. The Hall–Kier alpha value is -0.980. The van der Waals surface area contributed by atoms with Crippen molar-refractivity contribution in [3.63, 3.8) is 0 Å². The maximum Gasteiger partial charge on any atom is 0.280 e. The Balaban J connectivity index is 0.00000192. The second kappa shape index (κ2) is 7.73. The molecule has 5 nitrogen and oxygen atoms in total. The first kappa shape index (κ1) is 18.4. The molecular weight excluding hydrogens is 334 g/mol. The van der Waals surface area contributed by atoms with Crippen LogP contribution in [0.15, 0.2) is 23.0 Å². The third kappa shape index (κ3) is 3.75. The van der Waals surface area contributed by atoms with E-state index >= 15 is 0 Å². The summed E-state index contributed by atoms with van der Waals surface area (Å²) in [5.41, 5.74) is 5.22. The maximum absolute atomic E-state index is 12.6. The largest absolute Gasteiger partial charge is 1.00 e. The van der Waals surface area contributed by atoms with E-state index in [0.29, 0.717) is 5.92 Å². The van der Waals surface area contributed by atoms with Gasteiger partial charge in [-0.05, 0) is 30.4 Å². The normalized spacial score (nSPS) is 23.7. The average Bonchev–Trinajstić information content (AvgIpc) is 2.52. The van der Waals surface area contributed by atoms with Crippen molar-refractivity contribution in [2.75, 3.05) is 25.1 Å². The highest BCUT2D eigenvalue weighted by molar-refractivity contribution is 7.98. The Morgan fingerprint density at radius 2 is 2.17 bits per heavy atom. The zero-order valence-electron chi connectivity index (χ0n) is 13.4. The van der Waals surface area contributed by atoms with Crippen molar-refractivity contribution in [3.8, 4) is 0 Å². The van der Waals surface area contributed by atoms with Crippen LogP contribution in [0.3, 0.4) is 0 Å². The maximum atomic E-state index is 12.6. The van der Waals surface area contributed by atoms with Crippen LogP contribution in [0.2, 0.25) is 0 Å². The lowest BCUT2D eigenvalue weighted by Gasteiger charge is -2.43. The molecule has 2 bridgehead atoms. The first-order chi connectivity index (χ1) is 10.6.